The Morgan fingerprint density at radius 2 is 1.74 bits per heavy atom. The standard InChI is InChI=1S/C18H21NO4/c1-11-6-8-12(9-7-11)13-10-14(20)15(17(22)23-5)16(21)19(13)18(2,3)4/h6-10,20H,1-5H3. The second-order valence-electron chi connectivity index (χ2n) is 6.46. The minimum absolute atomic E-state index is 0.349. The highest BCUT2D eigenvalue weighted by molar-refractivity contribution is 5.92. The third-order valence-corrected chi connectivity index (χ3v) is 3.60. The number of ether oxygens (including phenoxy) is 1. The van der Waals surface area contributed by atoms with Crippen LogP contribution in [0.3, 0.4) is 0 Å². The zero-order valence-corrected chi connectivity index (χ0v) is 14.0. The van der Waals surface area contributed by atoms with E-state index in [1.807, 2.05) is 52.0 Å². The zero-order valence-electron chi connectivity index (χ0n) is 14.0. The monoisotopic (exact) mass is 315 g/mol. The predicted molar refractivity (Wildman–Crippen MR) is 88.9 cm³/mol. The third kappa shape index (κ3) is 3.13. The van der Waals surface area contributed by atoms with Crippen LogP contribution in [0.15, 0.2) is 35.1 Å². The van der Waals surface area contributed by atoms with Gasteiger partial charge in [-0.1, -0.05) is 29.8 Å². The average Bonchev–Trinajstić information content (AvgIpc) is 2.45. The first-order valence-corrected chi connectivity index (χ1v) is 7.31. The molecule has 0 amide bonds. The fraction of sp³-hybridized carbons (Fsp3) is 0.333. The summed E-state index contributed by atoms with van der Waals surface area (Å²) in [6.07, 6.45) is 0. The summed E-state index contributed by atoms with van der Waals surface area (Å²) in [5, 5.41) is 10.2. The van der Waals surface area contributed by atoms with Gasteiger partial charge in [0.05, 0.1) is 12.8 Å². The summed E-state index contributed by atoms with van der Waals surface area (Å²) in [7, 11) is 1.18. The molecule has 1 heterocycles. The van der Waals surface area contributed by atoms with E-state index in [1.54, 1.807) is 0 Å². The van der Waals surface area contributed by atoms with Crippen LogP contribution in [0.5, 0.6) is 5.75 Å². The normalized spacial score (nSPS) is 11.3. The van der Waals surface area contributed by atoms with Gasteiger partial charge in [0, 0.05) is 11.6 Å². The second-order valence-corrected chi connectivity index (χ2v) is 6.46. The Kier molecular flexibility index (Phi) is 4.32. The van der Waals surface area contributed by atoms with E-state index in [0.717, 1.165) is 11.1 Å². The van der Waals surface area contributed by atoms with E-state index >= 15 is 0 Å². The largest absolute Gasteiger partial charge is 0.507 e. The molecule has 0 atom stereocenters. The van der Waals surface area contributed by atoms with Crippen molar-refractivity contribution in [1.82, 2.24) is 4.57 Å². The van der Waals surface area contributed by atoms with Crippen molar-refractivity contribution < 1.29 is 14.6 Å². The maximum absolute atomic E-state index is 12.8. The number of methoxy groups -OCH3 is 1. The van der Waals surface area contributed by atoms with E-state index in [1.165, 1.54) is 17.7 Å². The van der Waals surface area contributed by atoms with Crippen LogP contribution in [-0.4, -0.2) is 22.8 Å². The highest BCUT2D eigenvalue weighted by atomic mass is 16.5. The van der Waals surface area contributed by atoms with Crippen molar-refractivity contribution in [1.29, 1.82) is 0 Å². The number of esters is 1. The Labute approximate surface area is 135 Å². The molecule has 0 saturated heterocycles. The van der Waals surface area contributed by atoms with E-state index < -0.39 is 17.1 Å². The van der Waals surface area contributed by atoms with Crippen LogP contribution in [0.25, 0.3) is 11.3 Å². The van der Waals surface area contributed by atoms with Crippen LogP contribution in [0, 0.1) is 6.92 Å². The lowest BCUT2D eigenvalue weighted by atomic mass is 10.0. The number of benzene rings is 1. The molecule has 1 aromatic heterocycles. The quantitative estimate of drug-likeness (QED) is 0.865. The predicted octanol–water partition coefficient (Wildman–Crippen LogP) is 3.07. The van der Waals surface area contributed by atoms with Gasteiger partial charge in [-0.15, -0.1) is 0 Å². The Morgan fingerprint density at radius 1 is 1.17 bits per heavy atom. The summed E-state index contributed by atoms with van der Waals surface area (Å²) in [5.41, 5.74) is 0.933. The Hall–Kier alpha value is -2.56. The minimum Gasteiger partial charge on any atom is -0.507 e. The number of aryl methyl sites for hydroxylation is 1. The molecule has 0 saturated carbocycles. The molecule has 23 heavy (non-hydrogen) atoms. The van der Waals surface area contributed by atoms with Gasteiger partial charge in [0.25, 0.3) is 5.56 Å². The first-order chi connectivity index (χ1) is 10.7. The van der Waals surface area contributed by atoms with Crippen LogP contribution >= 0.6 is 0 Å². The molecule has 0 unspecified atom stereocenters. The highest BCUT2D eigenvalue weighted by Crippen LogP contribution is 2.29. The van der Waals surface area contributed by atoms with E-state index in [0.29, 0.717) is 5.69 Å². The maximum atomic E-state index is 12.8. The van der Waals surface area contributed by atoms with Crippen LogP contribution in [0.1, 0.15) is 36.7 Å². The first-order valence-electron chi connectivity index (χ1n) is 7.31. The van der Waals surface area contributed by atoms with Crippen molar-refractivity contribution >= 4 is 5.97 Å². The average molecular weight is 315 g/mol. The lowest BCUT2D eigenvalue weighted by molar-refractivity contribution is 0.0594. The summed E-state index contributed by atoms with van der Waals surface area (Å²) in [6.45, 7) is 7.57. The number of nitrogens with zero attached hydrogens (tertiary/aromatic N) is 1. The number of hydrogen-bond acceptors (Lipinski definition) is 4. The number of aromatic nitrogens is 1. The summed E-state index contributed by atoms with van der Waals surface area (Å²) < 4.78 is 6.12. The van der Waals surface area contributed by atoms with Crippen molar-refractivity contribution in [3.63, 3.8) is 0 Å². The fourth-order valence-electron chi connectivity index (χ4n) is 2.49. The van der Waals surface area contributed by atoms with Crippen molar-refractivity contribution in [3.8, 4) is 17.0 Å². The molecule has 0 aliphatic heterocycles. The summed E-state index contributed by atoms with van der Waals surface area (Å²) >= 11 is 0. The Morgan fingerprint density at radius 3 is 2.22 bits per heavy atom. The smallest absolute Gasteiger partial charge is 0.347 e. The lowest BCUT2D eigenvalue weighted by Gasteiger charge is -2.27. The van der Waals surface area contributed by atoms with Gasteiger partial charge in [-0.25, -0.2) is 4.79 Å². The van der Waals surface area contributed by atoms with Gasteiger partial charge in [-0.3, -0.25) is 4.79 Å². The molecule has 0 fully saturated rings. The summed E-state index contributed by atoms with van der Waals surface area (Å²) in [4.78, 5) is 24.6. The molecule has 5 heteroatoms. The lowest BCUT2D eigenvalue weighted by Crippen LogP contribution is -2.38. The molecule has 2 rings (SSSR count). The molecule has 122 valence electrons. The zero-order chi connectivity index (χ0) is 17.4. The van der Waals surface area contributed by atoms with Crippen LogP contribution < -0.4 is 5.56 Å². The number of pyridine rings is 1. The Bertz CT molecular complexity index is 795. The van der Waals surface area contributed by atoms with Gasteiger partial charge < -0.3 is 14.4 Å². The van der Waals surface area contributed by atoms with Crippen molar-refractivity contribution in [3.05, 3.63) is 51.8 Å². The van der Waals surface area contributed by atoms with Gasteiger partial charge in [-0.05, 0) is 33.3 Å². The molecule has 5 nitrogen and oxygen atoms in total. The molecule has 2 aromatic rings. The number of carbonyl (C=O) groups excluding carboxylic acids is 1. The topological polar surface area (TPSA) is 68.5 Å². The van der Waals surface area contributed by atoms with Crippen LogP contribution in [0.2, 0.25) is 0 Å². The van der Waals surface area contributed by atoms with Gasteiger partial charge in [0.1, 0.15) is 5.75 Å². The van der Waals surface area contributed by atoms with E-state index in [-0.39, 0.29) is 11.3 Å². The van der Waals surface area contributed by atoms with Crippen molar-refractivity contribution in [2.75, 3.05) is 7.11 Å². The van der Waals surface area contributed by atoms with E-state index in [4.69, 9.17) is 0 Å². The SMILES string of the molecule is COC(=O)c1c(O)cc(-c2ccc(C)cc2)n(C(C)(C)C)c1=O. The number of carbonyl (C=O) groups is 1. The molecule has 1 aromatic carbocycles. The van der Waals surface area contributed by atoms with Gasteiger partial charge >= 0.3 is 5.97 Å². The molecule has 0 bridgehead atoms. The molecule has 1 N–H and O–H groups in total. The number of aromatic hydroxyl groups is 1. The minimum atomic E-state index is -0.846. The second kappa shape index (κ2) is 5.91. The van der Waals surface area contributed by atoms with Gasteiger partial charge in [0.2, 0.25) is 0 Å². The van der Waals surface area contributed by atoms with Gasteiger partial charge in [-0.2, -0.15) is 0 Å². The molecular weight excluding hydrogens is 294 g/mol. The third-order valence-electron chi connectivity index (χ3n) is 3.60. The molecular formula is C18H21NO4. The highest BCUT2D eigenvalue weighted by Gasteiger charge is 2.27. The van der Waals surface area contributed by atoms with E-state index in [2.05, 4.69) is 4.74 Å². The summed E-state index contributed by atoms with van der Waals surface area (Å²) in [5.74, 6) is -1.22. The Balaban J connectivity index is 2.85. The number of hydrogen-bond donors (Lipinski definition) is 1. The van der Waals surface area contributed by atoms with E-state index in [9.17, 15) is 14.7 Å². The van der Waals surface area contributed by atoms with Crippen molar-refractivity contribution in [2.24, 2.45) is 0 Å². The van der Waals surface area contributed by atoms with Gasteiger partial charge in [0.15, 0.2) is 5.56 Å². The molecule has 0 aliphatic carbocycles. The fourth-order valence-corrected chi connectivity index (χ4v) is 2.49. The molecule has 0 radical (unpaired) electrons. The first kappa shape index (κ1) is 16.8. The van der Waals surface area contributed by atoms with Crippen LogP contribution in [0.4, 0.5) is 0 Å². The molecule has 0 spiro atoms. The molecule has 0 aliphatic rings. The van der Waals surface area contributed by atoms with Crippen molar-refractivity contribution in [2.45, 2.75) is 33.2 Å². The summed E-state index contributed by atoms with van der Waals surface area (Å²) in [6, 6.07) is 9.05. The maximum Gasteiger partial charge on any atom is 0.347 e. The van der Waals surface area contributed by atoms with Crippen LogP contribution in [-0.2, 0) is 10.3 Å². The number of rotatable bonds is 2.